The van der Waals surface area contributed by atoms with Crippen LogP contribution in [0.2, 0.25) is 0 Å². The van der Waals surface area contributed by atoms with Gasteiger partial charge in [0, 0.05) is 37.7 Å². The Morgan fingerprint density at radius 1 is 1.32 bits per heavy atom. The van der Waals surface area contributed by atoms with E-state index in [1.807, 2.05) is 12.4 Å². The van der Waals surface area contributed by atoms with E-state index in [2.05, 4.69) is 51.1 Å². The van der Waals surface area contributed by atoms with Crippen molar-refractivity contribution in [2.24, 2.45) is 0 Å². The Morgan fingerprint density at radius 3 is 2.74 bits per heavy atom. The molecule has 0 N–H and O–H groups in total. The maximum atomic E-state index is 4.57. The molecule has 0 unspecified atom stereocenters. The molecule has 2 aromatic heterocycles. The van der Waals surface area contributed by atoms with Gasteiger partial charge in [-0.3, -0.25) is 9.58 Å². The summed E-state index contributed by atoms with van der Waals surface area (Å²) in [6.07, 6.45) is 3.94. The standard InChI is InChI=1S/C14H21N5/c1-4-18-6-5-15-14(18)10-17-8-13(9-17)19-12(3)7-11(2)16-19/h5-7,13H,4,8-10H2,1-3H3. The lowest BCUT2D eigenvalue weighted by atomic mass is 10.1. The first-order chi connectivity index (χ1) is 9.17. The summed E-state index contributed by atoms with van der Waals surface area (Å²) in [5.74, 6) is 1.16. The van der Waals surface area contributed by atoms with Crippen LogP contribution in [0.5, 0.6) is 0 Å². The number of rotatable bonds is 4. The van der Waals surface area contributed by atoms with Crippen molar-refractivity contribution in [3.8, 4) is 0 Å². The minimum absolute atomic E-state index is 0.527. The third-order valence-electron chi connectivity index (χ3n) is 3.84. The maximum Gasteiger partial charge on any atom is 0.122 e. The van der Waals surface area contributed by atoms with Crippen molar-refractivity contribution in [3.63, 3.8) is 0 Å². The van der Waals surface area contributed by atoms with Crippen LogP contribution >= 0.6 is 0 Å². The SMILES string of the molecule is CCn1ccnc1CN1CC(n2nc(C)cc2C)C1. The van der Waals surface area contributed by atoms with Gasteiger partial charge >= 0.3 is 0 Å². The lowest BCUT2D eigenvalue weighted by molar-refractivity contribution is 0.0854. The molecule has 19 heavy (non-hydrogen) atoms. The summed E-state index contributed by atoms with van der Waals surface area (Å²) in [6.45, 7) is 10.4. The Morgan fingerprint density at radius 2 is 2.11 bits per heavy atom. The van der Waals surface area contributed by atoms with E-state index in [-0.39, 0.29) is 0 Å². The second-order valence-corrected chi connectivity index (χ2v) is 5.35. The second-order valence-electron chi connectivity index (χ2n) is 5.35. The predicted molar refractivity (Wildman–Crippen MR) is 73.9 cm³/mol. The van der Waals surface area contributed by atoms with Gasteiger partial charge in [0.15, 0.2) is 0 Å². The van der Waals surface area contributed by atoms with Crippen molar-refractivity contribution < 1.29 is 0 Å². The monoisotopic (exact) mass is 259 g/mol. The molecule has 3 heterocycles. The van der Waals surface area contributed by atoms with Crippen molar-refractivity contribution in [1.82, 2.24) is 24.2 Å². The summed E-state index contributed by atoms with van der Waals surface area (Å²) in [7, 11) is 0. The average Bonchev–Trinajstić information content (AvgIpc) is 2.89. The molecular weight excluding hydrogens is 238 g/mol. The van der Waals surface area contributed by atoms with Gasteiger partial charge in [0.05, 0.1) is 18.3 Å². The molecule has 3 rings (SSSR count). The highest BCUT2D eigenvalue weighted by Crippen LogP contribution is 2.24. The van der Waals surface area contributed by atoms with Crippen LogP contribution in [0.15, 0.2) is 18.5 Å². The average molecular weight is 259 g/mol. The van der Waals surface area contributed by atoms with E-state index in [4.69, 9.17) is 0 Å². The molecule has 1 aliphatic rings. The predicted octanol–water partition coefficient (Wildman–Crippen LogP) is 1.77. The van der Waals surface area contributed by atoms with Gasteiger partial charge in [-0.2, -0.15) is 5.10 Å². The van der Waals surface area contributed by atoms with E-state index in [0.29, 0.717) is 6.04 Å². The number of aromatic nitrogens is 4. The van der Waals surface area contributed by atoms with Gasteiger partial charge in [-0.05, 0) is 26.8 Å². The van der Waals surface area contributed by atoms with Gasteiger partial charge in [-0.1, -0.05) is 0 Å². The van der Waals surface area contributed by atoms with Crippen LogP contribution in [0.25, 0.3) is 0 Å². The summed E-state index contributed by atoms with van der Waals surface area (Å²) in [5, 5.41) is 4.57. The van der Waals surface area contributed by atoms with Crippen molar-refractivity contribution in [1.29, 1.82) is 0 Å². The van der Waals surface area contributed by atoms with Gasteiger partial charge in [-0.25, -0.2) is 4.98 Å². The fourth-order valence-corrected chi connectivity index (χ4v) is 2.82. The molecule has 1 aliphatic heterocycles. The topological polar surface area (TPSA) is 38.9 Å². The fraction of sp³-hybridized carbons (Fsp3) is 0.571. The van der Waals surface area contributed by atoms with Gasteiger partial charge < -0.3 is 4.57 Å². The van der Waals surface area contributed by atoms with Crippen LogP contribution in [0.3, 0.4) is 0 Å². The quantitative estimate of drug-likeness (QED) is 0.840. The molecule has 0 amide bonds. The largest absolute Gasteiger partial charge is 0.334 e. The molecule has 5 heteroatoms. The van der Waals surface area contributed by atoms with Crippen molar-refractivity contribution in [2.45, 2.75) is 39.9 Å². The van der Waals surface area contributed by atoms with Gasteiger partial charge in [0.2, 0.25) is 0 Å². The molecule has 0 spiro atoms. The molecule has 2 aromatic rings. The first-order valence-corrected chi connectivity index (χ1v) is 6.92. The van der Waals surface area contributed by atoms with Crippen LogP contribution in [0.4, 0.5) is 0 Å². The number of aryl methyl sites for hydroxylation is 3. The number of imidazole rings is 1. The number of hydrogen-bond acceptors (Lipinski definition) is 3. The molecule has 0 radical (unpaired) electrons. The van der Waals surface area contributed by atoms with E-state index >= 15 is 0 Å². The Balaban J connectivity index is 1.60. The number of nitrogens with zero attached hydrogens (tertiary/aromatic N) is 5. The Bertz CT molecular complexity index is 562. The van der Waals surface area contributed by atoms with Crippen LogP contribution in [0.1, 0.15) is 30.2 Å². The van der Waals surface area contributed by atoms with Crippen molar-refractivity contribution in [3.05, 3.63) is 35.7 Å². The first kappa shape index (κ1) is 12.4. The zero-order chi connectivity index (χ0) is 13.4. The summed E-state index contributed by atoms with van der Waals surface area (Å²) in [4.78, 5) is 6.85. The van der Waals surface area contributed by atoms with Crippen molar-refractivity contribution >= 4 is 0 Å². The molecule has 102 valence electrons. The maximum absolute atomic E-state index is 4.57. The minimum Gasteiger partial charge on any atom is -0.334 e. The lowest BCUT2D eigenvalue weighted by Gasteiger charge is -2.39. The molecule has 0 bridgehead atoms. The smallest absolute Gasteiger partial charge is 0.122 e. The highest BCUT2D eigenvalue weighted by molar-refractivity contribution is 5.09. The first-order valence-electron chi connectivity index (χ1n) is 6.92. The molecule has 1 saturated heterocycles. The van der Waals surface area contributed by atoms with E-state index in [0.717, 1.165) is 37.7 Å². The second kappa shape index (κ2) is 4.81. The third-order valence-corrected chi connectivity index (χ3v) is 3.84. The summed E-state index contributed by atoms with van der Waals surface area (Å²) in [6, 6.07) is 2.67. The molecule has 1 fully saturated rings. The highest BCUT2D eigenvalue weighted by Gasteiger charge is 2.30. The van der Waals surface area contributed by atoms with E-state index < -0.39 is 0 Å². The molecular formula is C14H21N5. The molecule has 0 atom stereocenters. The highest BCUT2D eigenvalue weighted by atomic mass is 15.4. The van der Waals surface area contributed by atoms with Gasteiger partial charge in [0.25, 0.3) is 0 Å². The minimum atomic E-state index is 0.527. The normalized spacial score (nSPS) is 16.8. The molecule has 0 aromatic carbocycles. The summed E-state index contributed by atoms with van der Waals surface area (Å²) >= 11 is 0. The van der Waals surface area contributed by atoms with Crippen LogP contribution in [-0.4, -0.2) is 37.3 Å². The summed E-state index contributed by atoms with van der Waals surface area (Å²) in [5.41, 5.74) is 2.37. The van der Waals surface area contributed by atoms with Gasteiger partial charge in [-0.15, -0.1) is 0 Å². The van der Waals surface area contributed by atoms with E-state index in [9.17, 15) is 0 Å². The van der Waals surface area contributed by atoms with Gasteiger partial charge in [0.1, 0.15) is 5.82 Å². The Labute approximate surface area is 113 Å². The Kier molecular flexibility index (Phi) is 3.14. The fourth-order valence-electron chi connectivity index (χ4n) is 2.82. The number of hydrogen-bond donors (Lipinski definition) is 0. The van der Waals surface area contributed by atoms with E-state index in [1.165, 1.54) is 5.69 Å². The number of likely N-dealkylation sites (tertiary alicyclic amines) is 1. The van der Waals surface area contributed by atoms with Crippen LogP contribution in [-0.2, 0) is 13.1 Å². The van der Waals surface area contributed by atoms with Crippen LogP contribution < -0.4 is 0 Å². The third kappa shape index (κ3) is 2.30. The Hall–Kier alpha value is -1.62. The summed E-state index contributed by atoms with van der Waals surface area (Å²) < 4.78 is 4.37. The molecule has 0 saturated carbocycles. The lowest BCUT2D eigenvalue weighted by Crippen LogP contribution is -2.48. The molecule has 5 nitrogen and oxygen atoms in total. The zero-order valence-corrected chi connectivity index (χ0v) is 11.9. The zero-order valence-electron chi connectivity index (χ0n) is 11.9. The van der Waals surface area contributed by atoms with Crippen molar-refractivity contribution in [2.75, 3.05) is 13.1 Å². The molecule has 0 aliphatic carbocycles. The van der Waals surface area contributed by atoms with Crippen LogP contribution in [0, 0.1) is 13.8 Å². The van der Waals surface area contributed by atoms with E-state index in [1.54, 1.807) is 0 Å².